The van der Waals surface area contributed by atoms with E-state index < -0.39 is 0 Å². The number of benzene rings is 1. The zero-order valence-electron chi connectivity index (χ0n) is 18.9. The van der Waals surface area contributed by atoms with Gasteiger partial charge in [-0.2, -0.15) is 0 Å². The molecule has 0 radical (unpaired) electrons. The summed E-state index contributed by atoms with van der Waals surface area (Å²) >= 11 is 1.34. The Hall–Kier alpha value is -2.68. The molecule has 7 nitrogen and oxygen atoms in total. The van der Waals surface area contributed by atoms with Gasteiger partial charge in [-0.15, -0.1) is 23.7 Å². The van der Waals surface area contributed by atoms with E-state index in [9.17, 15) is 9.59 Å². The molecular formula is C25H27ClN4O3S. The van der Waals surface area contributed by atoms with Crippen molar-refractivity contribution in [3.05, 3.63) is 68.5 Å². The van der Waals surface area contributed by atoms with Crippen LogP contribution in [0.5, 0.6) is 5.75 Å². The SMILES string of the molecule is CCOc1cccc2c1CC[C@H]1CNC(CCn3c(=O)[nH]c4c(sc5ncccc54)c3=O)[C@@H]21.Cl. The number of hydrogen-bond donors (Lipinski definition) is 2. The van der Waals surface area contributed by atoms with Crippen LogP contribution in [-0.2, 0) is 13.0 Å². The number of nitrogens with one attached hydrogen (secondary N) is 2. The molecule has 0 spiro atoms. The first kappa shape index (κ1) is 23.1. The fraction of sp³-hybridized carbons (Fsp3) is 0.400. The van der Waals surface area contributed by atoms with E-state index in [0.29, 0.717) is 35.2 Å². The first-order valence-corrected chi connectivity index (χ1v) is 12.5. The number of thiophene rings is 1. The Bertz CT molecular complexity index is 1480. The van der Waals surface area contributed by atoms with Crippen LogP contribution in [0.1, 0.15) is 36.8 Å². The Morgan fingerprint density at radius 2 is 2.12 bits per heavy atom. The molecule has 1 aromatic carbocycles. The number of halogens is 1. The van der Waals surface area contributed by atoms with Gasteiger partial charge in [0.2, 0.25) is 0 Å². The highest BCUT2D eigenvalue weighted by Gasteiger charge is 2.40. The average Bonchev–Trinajstić information content (AvgIpc) is 3.41. The smallest absolute Gasteiger partial charge is 0.328 e. The minimum Gasteiger partial charge on any atom is -0.494 e. The maximum absolute atomic E-state index is 13.2. The molecule has 3 aromatic heterocycles. The van der Waals surface area contributed by atoms with Crippen molar-refractivity contribution in [2.75, 3.05) is 13.2 Å². The molecule has 1 aliphatic heterocycles. The zero-order chi connectivity index (χ0) is 22.5. The van der Waals surface area contributed by atoms with E-state index in [4.69, 9.17) is 4.74 Å². The van der Waals surface area contributed by atoms with Crippen molar-refractivity contribution >= 4 is 44.2 Å². The van der Waals surface area contributed by atoms with Gasteiger partial charge in [0, 0.05) is 30.1 Å². The molecule has 9 heteroatoms. The topological polar surface area (TPSA) is 89.0 Å². The first-order valence-electron chi connectivity index (χ1n) is 11.6. The predicted octanol–water partition coefficient (Wildman–Crippen LogP) is 3.83. The summed E-state index contributed by atoms with van der Waals surface area (Å²) in [6, 6.07) is 10.3. The van der Waals surface area contributed by atoms with Crippen LogP contribution >= 0.6 is 23.7 Å². The summed E-state index contributed by atoms with van der Waals surface area (Å²) in [6.07, 6.45) is 4.59. The van der Waals surface area contributed by atoms with E-state index in [1.54, 1.807) is 6.20 Å². The third-order valence-corrected chi connectivity index (χ3v) is 8.32. The van der Waals surface area contributed by atoms with Gasteiger partial charge in [-0.3, -0.25) is 9.36 Å². The second kappa shape index (κ2) is 9.17. The fourth-order valence-corrected chi connectivity index (χ4v) is 6.82. The second-order valence-corrected chi connectivity index (χ2v) is 9.93. The monoisotopic (exact) mass is 498 g/mol. The van der Waals surface area contributed by atoms with Crippen molar-refractivity contribution in [3.63, 3.8) is 0 Å². The van der Waals surface area contributed by atoms with Gasteiger partial charge < -0.3 is 15.0 Å². The number of ether oxygens (including phenoxy) is 1. The van der Waals surface area contributed by atoms with Crippen molar-refractivity contribution in [2.45, 2.75) is 44.7 Å². The van der Waals surface area contributed by atoms with E-state index in [1.807, 2.05) is 19.1 Å². The molecule has 2 aliphatic rings. The van der Waals surface area contributed by atoms with Crippen LogP contribution in [-0.4, -0.2) is 33.7 Å². The number of aromatic nitrogens is 3. The quantitative estimate of drug-likeness (QED) is 0.436. The molecule has 6 rings (SSSR count). The molecule has 4 heterocycles. The third-order valence-electron chi connectivity index (χ3n) is 7.22. The number of rotatable bonds is 5. The minimum atomic E-state index is -0.353. The number of fused-ring (bicyclic) bond motifs is 6. The van der Waals surface area contributed by atoms with Gasteiger partial charge in [-0.1, -0.05) is 12.1 Å². The van der Waals surface area contributed by atoms with Crippen LogP contribution < -0.4 is 21.3 Å². The normalized spacial score (nSPS) is 21.3. The van der Waals surface area contributed by atoms with Crippen LogP contribution in [0.15, 0.2) is 46.1 Å². The lowest BCUT2D eigenvalue weighted by Crippen LogP contribution is -2.37. The van der Waals surface area contributed by atoms with Gasteiger partial charge in [0.05, 0.1) is 12.1 Å². The third kappa shape index (κ3) is 3.65. The Morgan fingerprint density at radius 3 is 2.97 bits per heavy atom. The van der Waals surface area contributed by atoms with Gasteiger partial charge >= 0.3 is 5.69 Å². The van der Waals surface area contributed by atoms with E-state index in [0.717, 1.165) is 41.8 Å². The lowest BCUT2D eigenvalue weighted by molar-refractivity contribution is 0.326. The molecule has 1 aliphatic carbocycles. The number of hydrogen-bond acceptors (Lipinski definition) is 6. The molecule has 1 fully saturated rings. The maximum atomic E-state index is 13.2. The molecule has 0 bridgehead atoms. The average molecular weight is 499 g/mol. The van der Waals surface area contributed by atoms with Crippen molar-refractivity contribution in [3.8, 4) is 5.75 Å². The van der Waals surface area contributed by atoms with Crippen LogP contribution in [0, 0.1) is 5.92 Å². The van der Waals surface area contributed by atoms with E-state index >= 15 is 0 Å². The minimum absolute atomic E-state index is 0. The maximum Gasteiger partial charge on any atom is 0.328 e. The summed E-state index contributed by atoms with van der Waals surface area (Å²) in [5.74, 6) is 1.95. The summed E-state index contributed by atoms with van der Waals surface area (Å²) in [5, 5.41) is 4.51. The Balaban J connectivity index is 0.00000241. The van der Waals surface area contributed by atoms with Crippen LogP contribution in [0.2, 0.25) is 0 Å². The highest BCUT2D eigenvalue weighted by Crippen LogP contribution is 2.45. The molecule has 1 saturated heterocycles. The van der Waals surface area contributed by atoms with Crippen molar-refractivity contribution in [1.29, 1.82) is 0 Å². The standard InChI is InChI=1S/C25H26N4O3S.ClH/c1-2-32-19-7-3-5-16-15(19)9-8-14-13-27-18(20(14)16)10-12-29-24(30)22-21(28-25(29)31)17-6-4-11-26-23(17)33-22;/h3-7,11,14,18,20,27H,2,8-10,12-13H2,1H3,(H,28,31);1H/t14-,18?,20+;/m0./s1. The van der Waals surface area contributed by atoms with Gasteiger partial charge in [0.1, 0.15) is 15.3 Å². The first-order chi connectivity index (χ1) is 16.2. The highest BCUT2D eigenvalue weighted by molar-refractivity contribution is 7.25. The number of aromatic amines is 1. The highest BCUT2D eigenvalue weighted by atomic mass is 35.5. The number of H-pyrrole nitrogens is 1. The Kier molecular flexibility index (Phi) is 6.22. The number of nitrogens with zero attached hydrogens (tertiary/aromatic N) is 2. The summed E-state index contributed by atoms with van der Waals surface area (Å²) < 4.78 is 7.81. The summed E-state index contributed by atoms with van der Waals surface area (Å²) in [5.41, 5.74) is 2.70. The van der Waals surface area contributed by atoms with E-state index in [-0.39, 0.29) is 29.7 Å². The lowest BCUT2D eigenvalue weighted by Gasteiger charge is -2.32. The molecule has 178 valence electrons. The number of pyridine rings is 1. The largest absolute Gasteiger partial charge is 0.494 e. The molecule has 3 atom stereocenters. The summed E-state index contributed by atoms with van der Waals surface area (Å²) in [4.78, 5) is 34.1. The Labute approximate surface area is 206 Å². The van der Waals surface area contributed by atoms with Crippen LogP contribution in [0.3, 0.4) is 0 Å². The molecule has 2 N–H and O–H groups in total. The summed E-state index contributed by atoms with van der Waals surface area (Å²) in [7, 11) is 0. The van der Waals surface area contributed by atoms with Crippen molar-refractivity contribution in [2.24, 2.45) is 5.92 Å². The van der Waals surface area contributed by atoms with Crippen molar-refractivity contribution < 1.29 is 4.74 Å². The summed E-state index contributed by atoms with van der Waals surface area (Å²) in [6.45, 7) is 4.03. The molecule has 0 amide bonds. The zero-order valence-corrected chi connectivity index (χ0v) is 20.5. The van der Waals surface area contributed by atoms with Crippen LogP contribution in [0.4, 0.5) is 0 Å². The fourth-order valence-electron chi connectivity index (χ4n) is 5.77. The van der Waals surface area contributed by atoms with Gasteiger partial charge in [0.15, 0.2) is 0 Å². The lowest BCUT2D eigenvalue weighted by atomic mass is 9.73. The molecule has 1 unspecified atom stereocenters. The molecule has 0 saturated carbocycles. The predicted molar refractivity (Wildman–Crippen MR) is 138 cm³/mol. The van der Waals surface area contributed by atoms with E-state index in [2.05, 4.69) is 33.5 Å². The van der Waals surface area contributed by atoms with Gasteiger partial charge in [0.25, 0.3) is 5.56 Å². The van der Waals surface area contributed by atoms with Gasteiger partial charge in [-0.05, 0) is 68.0 Å². The van der Waals surface area contributed by atoms with Crippen LogP contribution in [0.25, 0.3) is 20.4 Å². The van der Waals surface area contributed by atoms with E-state index in [1.165, 1.54) is 27.0 Å². The van der Waals surface area contributed by atoms with Crippen molar-refractivity contribution in [1.82, 2.24) is 19.9 Å². The van der Waals surface area contributed by atoms with Gasteiger partial charge in [-0.25, -0.2) is 9.78 Å². The molecular weight excluding hydrogens is 472 g/mol. The second-order valence-electron chi connectivity index (χ2n) is 8.93. The Morgan fingerprint density at radius 1 is 1.24 bits per heavy atom. The molecule has 4 aromatic rings. The molecule has 34 heavy (non-hydrogen) atoms.